The van der Waals surface area contributed by atoms with E-state index in [0.29, 0.717) is 29.9 Å². The number of likely N-dealkylation sites (tertiary alicyclic amines) is 1. The average Bonchev–Trinajstić information content (AvgIpc) is 2.60. The molecule has 1 aliphatic rings. The van der Waals surface area contributed by atoms with Crippen molar-refractivity contribution in [3.05, 3.63) is 18.2 Å². The summed E-state index contributed by atoms with van der Waals surface area (Å²) in [6.07, 6.45) is 2.04. The fraction of sp³-hybridized carbons (Fsp3) is 0.667. The van der Waals surface area contributed by atoms with Crippen LogP contribution in [0.2, 0.25) is 0 Å². The lowest BCUT2D eigenvalue weighted by Crippen LogP contribution is -2.40. The molecule has 0 bridgehead atoms. The van der Waals surface area contributed by atoms with Crippen molar-refractivity contribution in [2.75, 3.05) is 40.4 Å². The first kappa shape index (κ1) is 20.0. The SMILES string of the molecule is COc1ccc(OC)c(S(=O)(=O)NCC2CCN(CC(C)C)CC2)c1. The van der Waals surface area contributed by atoms with Crippen molar-refractivity contribution < 1.29 is 17.9 Å². The van der Waals surface area contributed by atoms with Crippen LogP contribution in [0.4, 0.5) is 0 Å². The lowest BCUT2D eigenvalue weighted by atomic mass is 9.96. The van der Waals surface area contributed by atoms with Gasteiger partial charge in [-0.25, -0.2) is 13.1 Å². The summed E-state index contributed by atoms with van der Waals surface area (Å²) in [5, 5.41) is 0. The van der Waals surface area contributed by atoms with Crippen LogP contribution in [-0.2, 0) is 10.0 Å². The van der Waals surface area contributed by atoms with Gasteiger partial charge in [0.1, 0.15) is 16.4 Å². The number of benzene rings is 1. The van der Waals surface area contributed by atoms with Crippen molar-refractivity contribution >= 4 is 10.0 Å². The zero-order valence-electron chi connectivity index (χ0n) is 15.6. The largest absolute Gasteiger partial charge is 0.497 e. The maximum Gasteiger partial charge on any atom is 0.244 e. The Morgan fingerprint density at radius 2 is 1.88 bits per heavy atom. The monoisotopic (exact) mass is 370 g/mol. The van der Waals surface area contributed by atoms with Crippen molar-refractivity contribution in [3.8, 4) is 11.5 Å². The van der Waals surface area contributed by atoms with Gasteiger partial charge in [0.15, 0.2) is 0 Å². The van der Waals surface area contributed by atoms with Crippen LogP contribution >= 0.6 is 0 Å². The van der Waals surface area contributed by atoms with Gasteiger partial charge >= 0.3 is 0 Å². The third-order valence-corrected chi connectivity index (χ3v) is 6.00. The lowest BCUT2D eigenvalue weighted by Gasteiger charge is -2.33. The maximum absolute atomic E-state index is 12.7. The molecule has 0 amide bonds. The summed E-state index contributed by atoms with van der Waals surface area (Å²) in [6, 6.07) is 4.78. The van der Waals surface area contributed by atoms with E-state index in [-0.39, 0.29) is 4.90 Å². The summed E-state index contributed by atoms with van der Waals surface area (Å²) < 4.78 is 38.4. The smallest absolute Gasteiger partial charge is 0.244 e. The molecular weight excluding hydrogens is 340 g/mol. The molecule has 1 heterocycles. The normalized spacial score (nSPS) is 17.0. The number of sulfonamides is 1. The molecule has 1 aromatic carbocycles. The highest BCUT2D eigenvalue weighted by Gasteiger charge is 2.24. The van der Waals surface area contributed by atoms with Crippen LogP contribution in [0, 0.1) is 11.8 Å². The summed E-state index contributed by atoms with van der Waals surface area (Å²) in [6.45, 7) is 8.08. The van der Waals surface area contributed by atoms with E-state index in [1.807, 2.05) is 0 Å². The highest BCUT2D eigenvalue weighted by Crippen LogP contribution is 2.28. The third kappa shape index (κ3) is 5.59. The number of ether oxygens (including phenoxy) is 2. The molecule has 0 spiro atoms. The molecule has 2 rings (SSSR count). The summed E-state index contributed by atoms with van der Waals surface area (Å²) in [4.78, 5) is 2.58. The summed E-state index contributed by atoms with van der Waals surface area (Å²) in [5.74, 6) is 1.84. The van der Waals surface area contributed by atoms with E-state index in [9.17, 15) is 8.42 Å². The minimum atomic E-state index is -3.64. The van der Waals surface area contributed by atoms with Crippen LogP contribution in [0.3, 0.4) is 0 Å². The van der Waals surface area contributed by atoms with Crippen LogP contribution in [-0.4, -0.2) is 53.7 Å². The topological polar surface area (TPSA) is 67.9 Å². The molecule has 1 aromatic rings. The molecular formula is C18H30N2O4S. The Labute approximate surface area is 151 Å². The molecule has 7 heteroatoms. The quantitative estimate of drug-likeness (QED) is 0.761. The van der Waals surface area contributed by atoms with Crippen molar-refractivity contribution in [2.24, 2.45) is 11.8 Å². The molecule has 6 nitrogen and oxygen atoms in total. The molecule has 1 aliphatic heterocycles. The van der Waals surface area contributed by atoms with Gasteiger partial charge in [0.2, 0.25) is 10.0 Å². The average molecular weight is 371 g/mol. The van der Waals surface area contributed by atoms with Gasteiger partial charge < -0.3 is 14.4 Å². The fourth-order valence-corrected chi connectivity index (χ4v) is 4.49. The second-order valence-electron chi connectivity index (χ2n) is 7.01. The molecule has 0 atom stereocenters. The summed E-state index contributed by atoms with van der Waals surface area (Å²) in [7, 11) is -0.662. The minimum Gasteiger partial charge on any atom is -0.497 e. The zero-order chi connectivity index (χ0) is 18.4. The van der Waals surface area contributed by atoms with Gasteiger partial charge in [-0.05, 0) is 49.9 Å². The Kier molecular flexibility index (Phi) is 7.10. The van der Waals surface area contributed by atoms with Gasteiger partial charge in [0, 0.05) is 19.2 Å². The fourth-order valence-electron chi connectivity index (χ4n) is 3.19. The number of nitrogens with zero attached hydrogens (tertiary/aromatic N) is 1. The maximum atomic E-state index is 12.7. The highest BCUT2D eigenvalue weighted by molar-refractivity contribution is 7.89. The number of hydrogen-bond acceptors (Lipinski definition) is 5. The number of hydrogen-bond donors (Lipinski definition) is 1. The number of methoxy groups -OCH3 is 2. The van der Waals surface area contributed by atoms with Crippen LogP contribution in [0.1, 0.15) is 26.7 Å². The predicted octanol–water partition coefficient (Wildman–Crippen LogP) is 2.35. The van der Waals surface area contributed by atoms with Gasteiger partial charge in [0.25, 0.3) is 0 Å². The minimum absolute atomic E-state index is 0.117. The van der Waals surface area contributed by atoms with E-state index in [4.69, 9.17) is 9.47 Å². The molecule has 25 heavy (non-hydrogen) atoms. The Morgan fingerprint density at radius 3 is 2.44 bits per heavy atom. The first-order valence-corrected chi connectivity index (χ1v) is 10.3. The molecule has 1 fully saturated rings. The third-order valence-electron chi connectivity index (χ3n) is 4.55. The number of rotatable bonds is 8. The summed E-state index contributed by atoms with van der Waals surface area (Å²) in [5.41, 5.74) is 0. The van der Waals surface area contributed by atoms with Gasteiger partial charge in [-0.15, -0.1) is 0 Å². The standard InChI is InChI=1S/C18H30N2O4S/c1-14(2)13-20-9-7-15(8-10-20)12-19-25(21,22)18-11-16(23-3)5-6-17(18)24-4/h5-6,11,14-15,19H,7-10,12-13H2,1-4H3. The first-order chi connectivity index (χ1) is 11.9. The molecule has 1 N–H and O–H groups in total. The Balaban J connectivity index is 1.96. The van der Waals surface area contributed by atoms with Gasteiger partial charge in [0.05, 0.1) is 14.2 Å². The van der Waals surface area contributed by atoms with E-state index >= 15 is 0 Å². The van der Waals surface area contributed by atoms with Crippen molar-refractivity contribution in [3.63, 3.8) is 0 Å². The van der Waals surface area contributed by atoms with E-state index in [0.717, 1.165) is 32.5 Å². The molecule has 0 unspecified atom stereocenters. The first-order valence-electron chi connectivity index (χ1n) is 8.79. The summed E-state index contributed by atoms with van der Waals surface area (Å²) >= 11 is 0. The highest BCUT2D eigenvalue weighted by atomic mass is 32.2. The van der Waals surface area contributed by atoms with Crippen LogP contribution in [0.15, 0.2) is 23.1 Å². The lowest BCUT2D eigenvalue weighted by molar-refractivity contribution is 0.169. The molecule has 0 aromatic heterocycles. The Hall–Kier alpha value is -1.31. The van der Waals surface area contributed by atoms with E-state index in [2.05, 4.69) is 23.5 Å². The van der Waals surface area contributed by atoms with E-state index < -0.39 is 10.0 Å². The van der Waals surface area contributed by atoms with Crippen LogP contribution in [0.5, 0.6) is 11.5 Å². The number of nitrogens with one attached hydrogen (secondary N) is 1. The molecule has 142 valence electrons. The van der Waals surface area contributed by atoms with Crippen LogP contribution in [0.25, 0.3) is 0 Å². The molecule has 1 saturated heterocycles. The van der Waals surface area contributed by atoms with Crippen molar-refractivity contribution in [1.29, 1.82) is 0 Å². The number of piperidine rings is 1. The van der Waals surface area contributed by atoms with E-state index in [1.54, 1.807) is 12.1 Å². The van der Waals surface area contributed by atoms with Crippen molar-refractivity contribution in [1.82, 2.24) is 9.62 Å². The van der Waals surface area contributed by atoms with E-state index in [1.165, 1.54) is 20.3 Å². The zero-order valence-corrected chi connectivity index (χ0v) is 16.4. The Bertz CT molecular complexity index is 653. The Morgan fingerprint density at radius 1 is 1.20 bits per heavy atom. The van der Waals surface area contributed by atoms with Gasteiger partial charge in [-0.2, -0.15) is 0 Å². The van der Waals surface area contributed by atoms with Gasteiger partial charge in [-0.3, -0.25) is 0 Å². The molecule has 0 aliphatic carbocycles. The second-order valence-corrected chi connectivity index (χ2v) is 8.74. The van der Waals surface area contributed by atoms with Crippen LogP contribution < -0.4 is 14.2 Å². The van der Waals surface area contributed by atoms with Gasteiger partial charge in [-0.1, -0.05) is 13.8 Å². The molecule has 0 radical (unpaired) electrons. The predicted molar refractivity (Wildman–Crippen MR) is 98.7 cm³/mol. The molecule has 0 saturated carbocycles. The second kappa shape index (κ2) is 8.87. The van der Waals surface area contributed by atoms with Crippen molar-refractivity contribution in [2.45, 2.75) is 31.6 Å².